The maximum atomic E-state index is 13.3. The molecule has 1 aromatic carbocycles. The molecule has 2 heterocycles. The molecule has 0 unspecified atom stereocenters. The van der Waals surface area contributed by atoms with Crippen molar-refractivity contribution in [2.75, 3.05) is 5.32 Å². The Labute approximate surface area is 127 Å². The third kappa shape index (κ3) is 2.73. The van der Waals surface area contributed by atoms with Crippen LogP contribution in [0.2, 0.25) is 0 Å². The number of hydrogen-bond acceptors (Lipinski definition) is 4. The van der Waals surface area contributed by atoms with E-state index in [2.05, 4.69) is 10.4 Å². The maximum absolute atomic E-state index is 13.3. The second-order valence-corrected chi connectivity index (χ2v) is 5.18. The highest BCUT2D eigenvalue weighted by Gasteiger charge is 2.46. The number of hydrogen-bond donors (Lipinski definition) is 1. The molecule has 9 heteroatoms. The van der Waals surface area contributed by atoms with Gasteiger partial charge in [-0.2, -0.15) is 18.3 Å². The van der Waals surface area contributed by atoms with E-state index in [1.165, 1.54) is 12.1 Å². The second-order valence-electron chi connectivity index (χ2n) is 5.18. The fourth-order valence-electron chi connectivity index (χ4n) is 2.63. The van der Waals surface area contributed by atoms with Crippen molar-refractivity contribution in [2.24, 2.45) is 0 Å². The summed E-state index contributed by atoms with van der Waals surface area (Å²) in [6, 6.07) is 2.15. The number of rotatable bonds is 2. The second kappa shape index (κ2) is 5.25. The minimum absolute atomic E-state index is 0.270. The zero-order valence-corrected chi connectivity index (χ0v) is 11.5. The highest BCUT2D eigenvalue weighted by Crippen LogP contribution is 2.44. The van der Waals surface area contributed by atoms with Crippen LogP contribution in [0.15, 0.2) is 30.5 Å². The molecule has 1 aliphatic rings. The van der Waals surface area contributed by atoms with E-state index in [1.807, 2.05) is 0 Å². The van der Waals surface area contributed by atoms with Crippen LogP contribution in [0.5, 0.6) is 0 Å². The number of benzene rings is 1. The number of aromatic nitrogens is 2. The van der Waals surface area contributed by atoms with Crippen LogP contribution in [0.4, 0.5) is 23.4 Å². The van der Waals surface area contributed by atoms with E-state index in [0.29, 0.717) is 10.2 Å². The van der Waals surface area contributed by atoms with Crippen molar-refractivity contribution in [3.63, 3.8) is 0 Å². The van der Waals surface area contributed by atoms with Crippen molar-refractivity contribution in [2.45, 2.75) is 24.7 Å². The summed E-state index contributed by atoms with van der Waals surface area (Å²) in [6.07, 6.45) is -4.18. The van der Waals surface area contributed by atoms with E-state index in [4.69, 9.17) is 0 Å². The van der Waals surface area contributed by atoms with Crippen molar-refractivity contribution < 1.29 is 27.5 Å². The Morgan fingerprint density at radius 3 is 2.52 bits per heavy atom. The van der Waals surface area contributed by atoms with Gasteiger partial charge in [0.1, 0.15) is 11.6 Å². The molecule has 1 aliphatic heterocycles. The van der Waals surface area contributed by atoms with Gasteiger partial charge in [0.15, 0.2) is 6.04 Å². The molecular formula is C14H10F4N3O2-. The number of nitrogens with one attached hydrogen (secondary N) is 1. The van der Waals surface area contributed by atoms with Crippen molar-refractivity contribution in [1.82, 2.24) is 9.78 Å². The lowest BCUT2D eigenvalue weighted by atomic mass is 9.96. The van der Waals surface area contributed by atoms with Crippen molar-refractivity contribution in [3.8, 4) is 0 Å². The average molecular weight is 328 g/mol. The van der Waals surface area contributed by atoms with Gasteiger partial charge in [0.05, 0.1) is 23.8 Å². The van der Waals surface area contributed by atoms with Crippen LogP contribution < -0.4 is 10.4 Å². The lowest BCUT2D eigenvalue weighted by Crippen LogP contribution is -2.36. The molecule has 0 saturated carbocycles. The first-order valence-electron chi connectivity index (χ1n) is 6.65. The Kier molecular flexibility index (Phi) is 3.50. The maximum Gasteiger partial charge on any atom is 0.410 e. The van der Waals surface area contributed by atoms with Crippen molar-refractivity contribution in [1.29, 1.82) is 0 Å². The van der Waals surface area contributed by atoms with E-state index in [9.17, 15) is 27.5 Å². The predicted molar refractivity (Wildman–Crippen MR) is 69.0 cm³/mol. The van der Waals surface area contributed by atoms with Crippen LogP contribution in [0.1, 0.15) is 34.4 Å². The van der Waals surface area contributed by atoms with E-state index < -0.39 is 42.0 Å². The first-order valence-corrected chi connectivity index (χ1v) is 6.65. The van der Waals surface area contributed by atoms with Gasteiger partial charge in [-0.25, -0.2) is 9.07 Å². The Hall–Kier alpha value is -2.58. The minimum Gasteiger partial charge on any atom is -0.545 e. The molecule has 23 heavy (non-hydrogen) atoms. The number of carbonyl (C=O) groups is 1. The fraction of sp³-hybridized carbons (Fsp3) is 0.286. The van der Waals surface area contributed by atoms with Crippen molar-refractivity contribution in [3.05, 3.63) is 47.4 Å². The van der Waals surface area contributed by atoms with Gasteiger partial charge in [0.2, 0.25) is 0 Å². The summed E-state index contributed by atoms with van der Waals surface area (Å²) < 4.78 is 53.4. The lowest BCUT2D eigenvalue weighted by molar-refractivity contribution is -0.255. The molecule has 0 spiro atoms. The summed E-state index contributed by atoms with van der Waals surface area (Å²) in [5.41, 5.74) is -0.0385. The summed E-state index contributed by atoms with van der Waals surface area (Å²) >= 11 is 0. The number of fused-ring (bicyclic) bond motifs is 1. The average Bonchev–Trinajstić information content (AvgIpc) is 2.89. The first kappa shape index (κ1) is 15.3. The molecule has 0 bridgehead atoms. The highest BCUT2D eigenvalue weighted by molar-refractivity contribution is 5.91. The lowest BCUT2D eigenvalue weighted by Gasteiger charge is -2.34. The molecule has 1 aromatic heterocycles. The Balaban J connectivity index is 2.05. The van der Waals surface area contributed by atoms with Gasteiger partial charge in [-0.1, -0.05) is 12.1 Å². The van der Waals surface area contributed by atoms with Crippen LogP contribution in [0.25, 0.3) is 0 Å². The van der Waals surface area contributed by atoms with E-state index in [0.717, 1.165) is 18.3 Å². The standard InChI is InChI=1S/C14H11F4N3O2/c15-8-3-1-7(2-4-8)10-5-11(14(16,17)18)21-12(20-10)9(6-19-21)13(22)23/h1-4,6,10-11,20H,5H2,(H,22,23)/p-1/t10-,11-/m1/s1. The van der Waals surface area contributed by atoms with Crippen LogP contribution in [-0.2, 0) is 0 Å². The van der Waals surface area contributed by atoms with Crippen LogP contribution in [0, 0.1) is 5.82 Å². The number of nitrogens with zero attached hydrogens (tertiary/aromatic N) is 2. The van der Waals surface area contributed by atoms with Crippen LogP contribution in [0.3, 0.4) is 0 Å². The Morgan fingerprint density at radius 2 is 1.96 bits per heavy atom. The SMILES string of the molecule is O=C([O-])c1cnn2c1N[C@@H](c1ccc(F)cc1)C[C@@H]2C(F)(F)F. The van der Waals surface area contributed by atoms with Crippen LogP contribution in [-0.4, -0.2) is 21.9 Å². The Morgan fingerprint density at radius 1 is 1.30 bits per heavy atom. The van der Waals surface area contributed by atoms with Gasteiger partial charge in [0, 0.05) is 6.42 Å². The third-order valence-electron chi connectivity index (χ3n) is 3.73. The van der Waals surface area contributed by atoms with Gasteiger partial charge in [-0.3, -0.25) is 0 Å². The van der Waals surface area contributed by atoms with Gasteiger partial charge < -0.3 is 15.2 Å². The van der Waals surface area contributed by atoms with E-state index in [1.54, 1.807) is 0 Å². The predicted octanol–water partition coefficient (Wildman–Crippen LogP) is 2.05. The van der Waals surface area contributed by atoms with Crippen molar-refractivity contribution >= 4 is 11.8 Å². The Bertz CT molecular complexity index is 739. The first-order chi connectivity index (χ1) is 10.8. The molecule has 0 fully saturated rings. The molecule has 0 saturated heterocycles. The normalized spacial score (nSPS) is 20.7. The topological polar surface area (TPSA) is 70.0 Å². The largest absolute Gasteiger partial charge is 0.545 e. The molecule has 0 amide bonds. The number of alkyl halides is 3. The molecule has 2 atom stereocenters. The summed E-state index contributed by atoms with van der Waals surface area (Å²) in [4.78, 5) is 11.0. The fourth-order valence-corrected chi connectivity index (χ4v) is 2.63. The number of aromatic carboxylic acids is 1. The zero-order valence-electron chi connectivity index (χ0n) is 11.5. The number of anilines is 1. The van der Waals surface area contributed by atoms with E-state index in [-0.39, 0.29) is 5.82 Å². The molecular weight excluding hydrogens is 318 g/mol. The minimum atomic E-state index is -4.61. The third-order valence-corrected chi connectivity index (χ3v) is 3.73. The number of halogens is 4. The monoisotopic (exact) mass is 328 g/mol. The van der Waals surface area contributed by atoms with Gasteiger partial charge in [-0.05, 0) is 17.7 Å². The smallest absolute Gasteiger partial charge is 0.410 e. The number of carbonyl (C=O) groups excluding carboxylic acids is 1. The number of carboxylic acid groups (broad SMARTS) is 1. The number of carboxylic acids is 1. The molecule has 5 nitrogen and oxygen atoms in total. The molecule has 0 aliphatic carbocycles. The quantitative estimate of drug-likeness (QED) is 0.857. The van der Waals surface area contributed by atoms with Crippen LogP contribution >= 0.6 is 0 Å². The molecule has 3 rings (SSSR count). The van der Waals surface area contributed by atoms with E-state index >= 15 is 0 Å². The van der Waals surface area contributed by atoms with Gasteiger partial charge >= 0.3 is 6.18 Å². The zero-order chi connectivity index (χ0) is 16.8. The summed E-state index contributed by atoms with van der Waals surface area (Å²) in [7, 11) is 0. The van der Waals surface area contributed by atoms with Gasteiger partial charge in [-0.15, -0.1) is 0 Å². The molecule has 2 aromatic rings. The summed E-state index contributed by atoms with van der Waals surface area (Å²) in [5.74, 6) is -2.41. The molecule has 0 radical (unpaired) electrons. The molecule has 122 valence electrons. The molecule has 1 N–H and O–H groups in total. The van der Waals surface area contributed by atoms with Gasteiger partial charge in [0.25, 0.3) is 0 Å². The summed E-state index contributed by atoms with van der Waals surface area (Å²) in [5, 5.41) is 17.3. The summed E-state index contributed by atoms with van der Waals surface area (Å²) in [6.45, 7) is 0. The highest BCUT2D eigenvalue weighted by atomic mass is 19.4.